The maximum Gasteiger partial charge on any atom is 0.271 e. The minimum atomic E-state index is -0.0607. The number of hydrogen-bond acceptors (Lipinski definition) is 4. The molecular formula is C18H31N5O. The van der Waals surface area contributed by atoms with Crippen molar-refractivity contribution in [2.24, 2.45) is 5.92 Å². The molecule has 3 heterocycles. The molecule has 24 heavy (non-hydrogen) atoms. The second-order valence-corrected chi connectivity index (χ2v) is 7.48. The highest BCUT2D eigenvalue weighted by Gasteiger charge is 2.22. The molecule has 0 aromatic carbocycles. The number of piperidine rings is 2. The molecule has 0 spiro atoms. The first-order valence-corrected chi connectivity index (χ1v) is 9.41. The summed E-state index contributed by atoms with van der Waals surface area (Å²) in [5, 5.41) is 10.9. The zero-order chi connectivity index (χ0) is 16.9. The molecule has 2 fully saturated rings. The van der Waals surface area contributed by atoms with Gasteiger partial charge in [0, 0.05) is 31.9 Å². The number of carbonyl (C=O) groups excluding carboxylic acids is 1. The van der Waals surface area contributed by atoms with Gasteiger partial charge < -0.3 is 10.6 Å². The summed E-state index contributed by atoms with van der Waals surface area (Å²) >= 11 is 0. The highest BCUT2D eigenvalue weighted by atomic mass is 16.1. The highest BCUT2D eigenvalue weighted by molar-refractivity contribution is 5.92. The van der Waals surface area contributed by atoms with Crippen LogP contribution in [0.4, 0.5) is 0 Å². The second kappa shape index (κ2) is 8.12. The number of nitrogens with one attached hydrogen (secondary N) is 2. The van der Waals surface area contributed by atoms with Crippen molar-refractivity contribution in [2.75, 3.05) is 32.7 Å². The van der Waals surface area contributed by atoms with Crippen molar-refractivity contribution in [3.63, 3.8) is 0 Å². The van der Waals surface area contributed by atoms with E-state index in [1.54, 1.807) is 0 Å². The van der Waals surface area contributed by atoms with Gasteiger partial charge in [0.25, 0.3) is 5.91 Å². The zero-order valence-electron chi connectivity index (χ0n) is 15.0. The first-order valence-electron chi connectivity index (χ1n) is 9.41. The third-order valence-electron chi connectivity index (χ3n) is 5.36. The van der Waals surface area contributed by atoms with Crippen LogP contribution in [0.2, 0.25) is 0 Å². The molecule has 6 heteroatoms. The van der Waals surface area contributed by atoms with Gasteiger partial charge in [0.1, 0.15) is 5.69 Å². The SMILES string of the molecule is CC1CCCN(C(C)CNC(=O)c2ccn(C3CCCNC3)n2)C1. The minimum Gasteiger partial charge on any atom is -0.349 e. The molecule has 2 saturated heterocycles. The van der Waals surface area contributed by atoms with Crippen LogP contribution in [0.3, 0.4) is 0 Å². The Kier molecular flexibility index (Phi) is 5.89. The van der Waals surface area contributed by atoms with Crippen molar-refractivity contribution in [1.29, 1.82) is 0 Å². The summed E-state index contributed by atoms with van der Waals surface area (Å²) in [4.78, 5) is 14.9. The molecule has 1 aromatic heterocycles. The Morgan fingerprint density at radius 2 is 2.33 bits per heavy atom. The summed E-state index contributed by atoms with van der Waals surface area (Å²) in [5.41, 5.74) is 0.528. The Morgan fingerprint density at radius 1 is 1.46 bits per heavy atom. The third kappa shape index (κ3) is 4.36. The lowest BCUT2D eigenvalue weighted by Gasteiger charge is -2.35. The number of rotatable bonds is 5. The number of likely N-dealkylation sites (tertiary alicyclic amines) is 1. The number of nitrogens with zero attached hydrogens (tertiary/aromatic N) is 3. The molecule has 0 saturated carbocycles. The van der Waals surface area contributed by atoms with Crippen molar-refractivity contribution in [3.05, 3.63) is 18.0 Å². The van der Waals surface area contributed by atoms with Crippen LogP contribution in [0.1, 0.15) is 56.1 Å². The summed E-state index contributed by atoms with van der Waals surface area (Å²) in [5.74, 6) is 0.700. The van der Waals surface area contributed by atoms with Gasteiger partial charge in [-0.2, -0.15) is 5.10 Å². The van der Waals surface area contributed by atoms with E-state index >= 15 is 0 Å². The molecular weight excluding hydrogens is 302 g/mol. The van der Waals surface area contributed by atoms with Gasteiger partial charge in [-0.15, -0.1) is 0 Å². The summed E-state index contributed by atoms with van der Waals surface area (Å²) in [6, 6.07) is 2.58. The predicted molar refractivity (Wildman–Crippen MR) is 95.1 cm³/mol. The summed E-state index contributed by atoms with van der Waals surface area (Å²) in [6.07, 6.45) is 6.81. The van der Waals surface area contributed by atoms with Gasteiger partial charge in [-0.25, -0.2) is 0 Å². The lowest BCUT2D eigenvalue weighted by atomic mass is 9.99. The molecule has 2 aliphatic heterocycles. The fourth-order valence-electron chi connectivity index (χ4n) is 3.81. The average molecular weight is 333 g/mol. The van der Waals surface area contributed by atoms with Crippen molar-refractivity contribution in [2.45, 2.75) is 51.6 Å². The normalized spacial score (nSPS) is 26.9. The van der Waals surface area contributed by atoms with Crippen LogP contribution in [0, 0.1) is 5.92 Å². The van der Waals surface area contributed by atoms with Gasteiger partial charge in [0.15, 0.2) is 0 Å². The largest absolute Gasteiger partial charge is 0.349 e. The van der Waals surface area contributed by atoms with Crippen molar-refractivity contribution < 1.29 is 4.79 Å². The molecule has 3 rings (SSSR count). The third-order valence-corrected chi connectivity index (χ3v) is 5.36. The molecule has 2 N–H and O–H groups in total. The fourth-order valence-corrected chi connectivity index (χ4v) is 3.81. The number of carbonyl (C=O) groups is 1. The second-order valence-electron chi connectivity index (χ2n) is 7.48. The Balaban J connectivity index is 1.49. The number of amides is 1. The molecule has 2 aliphatic rings. The zero-order valence-corrected chi connectivity index (χ0v) is 15.0. The molecule has 134 valence electrons. The van der Waals surface area contributed by atoms with Crippen LogP contribution >= 0.6 is 0 Å². The van der Waals surface area contributed by atoms with E-state index in [0.717, 1.165) is 44.9 Å². The molecule has 3 unspecified atom stereocenters. The monoisotopic (exact) mass is 333 g/mol. The standard InChI is InChI=1S/C18H31N5O/c1-14-5-4-9-22(13-14)15(2)11-20-18(24)17-7-10-23(21-17)16-6-3-8-19-12-16/h7,10,14-16,19H,3-6,8-9,11-13H2,1-2H3,(H,20,24). The summed E-state index contributed by atoms with van der Waals surface area (Å²) < 4.78 is 1.94. The Hall–Kier alpha value is -1.40. The van der Waals surface area contributed by atoms with Crippen LogP contribution in [0.25, 0.3) is 0 Å². The van der Waals surface area contributed by atoms with E-state index in [4.69, 9.17) is 0 Å². The van der Waals surface area contributed by atoms with Gasteiger partial charge in [-0.3, -0.25) is 14.4 Å². The Morgan fingerprint density at radius 3 is 3.08 bits per heavy atom. The van der Waals surface area contributed by atoms with E-state index in [9.17, 15) is 4.79 Å². The first kappa shape index (κ1) is 17.4. The van der Waals surface area contributed by atoms with Crippen LogP contribution in [-0.2, 0) is 0 Å². The number of aromatic nitrogens is 2. The van der Waals surface area contributed by atoms with Crippen LogP contribution in [-0.4, -0.2) is 59.4 Å². The van der Waals surface area contributed by atoms with E-state index in [0.29, 0.717) is 24.3 Å². The molecule has 1 aromatic rings. The molecule has 0 bridgehead atoms. The number of hydrogen-bond donors (Lipinski definition) is 2. The molecule has 6 nitrogen and oxygen atoms in total. The summed E-state index contributed by atoms with van der Waals surface area (Å²) in [6.45, 7) is 9.49. The Labute approximate surface area is 145 Å². The van der Waals surface area contributed by atoms with Crippen molar-refractivity contribution in [1.82, 2.24) is 25.3 Å². The van der Waals surface area contributed by atoms with Gasteiger partial charge in [0.05, 0.1) is 6.04 Å². The van der Waals surface area contributed by atoms with Crippen LogP contribution in [0.15, 0.2) is 12.3 Å². The predicted octanol–water partition coefficient (Wildman–Crippen LogP) is 1.66. The van der Waals surface area contributed by atoms with E-state index in [1.165, 1.54) is 12.8 Å². The summed E-state index contributed by atoms with van der Waals surface area (Å²) in [7, 11) is 0. The first-order chi connectivity index (χ1) is 11.6. The topological polar surface area (TPSA) is 62.2 Å². The lowest BCUT2D eigenvalue weighted by molar-refractivity contribution is 0.0911. The van der Waals surface area contributed by atoms with E-state index < -0.39 is 0 Å². The maximum atomic E-state index is 12.4. The van der Waals surface area contributed by atoms with Gasteiger partial charge >= 0.3 is 0 Å². The maximum absolute atomic E-state index is 12.4. The quantitative estimate of drug-likeness (QED) is 0.860. The van der Waals surface area contributed by atoms with Crippen molar-refractivity contribution in [3.8, 4) is 0 Å². The van der Waals surface area contributed by atoms with Crippen molar-refractivity contribution >= 4 is 5.91 Å². The van der Waals surface area contributed by atoms with E-state index in [-0.39, 0.29) is 5.91 Å². The smallest absolute Gasteiger partial charge is 0.271 e. The molecule has 3 atom stereocenters. The van der Waals surface area contributed by atoms with Gasteiger partial charge in [0.2, 0.25) is 0 Å². The fraction of sp³-hybridized carbons (Fsp3) is 0.778. The van der Waals surface area contributed by atoms with Gasteiger partial charge in [-0.1, -0.05) is 6.92 Å². The van der Waals surface area contributed by atoms with Gasteiger partial charge in [-0.05, 0) is 57.7 Å². The van der Waals surface area contributed by atoms with Crippen LogP contribution in [0.5, 0.6) is 0 Å². The molecule has 0 radical (unpaired) electrons. The van der Waals surface area contributed by atoms with Crippen LogP contribution < -0.4 is 10.6 Å². The van der Waals surface area contributed by atoms with E-state index in [1.807, 2.05) is 16.9 Å². The highest BCUT2D eigenvalue weighted by Crippen LogP contribution is 2.18. The molecule has 1 amide bonds. The lowest BCUT2D eigenvalue weighted by Crippen LogP contribution is -2.46. The average Bonchev–Trinajstić information content (AvgIpc) is 3.10. The molecule has 0 aliphatic carbocycles. The van der Waals surface area contributed by atoms with E-state index in [2.05, 4.69) is 34.5 Å². The Bertz CT molecular complexity index is 537. The minimum absolute atomic E-state index is 0.0607.